The first-order valence-corrected chi connectivity index (χ1v) is 9.04. The van der Waals surface area contributed by atoms with Crippen molar-refractivity contribution in [3.8, 4) is 11.4 Å². The van der Waals surface area contributed by atoms with Gasteiger partial charge in [-0.2, -0.15) is 0 Å². The molecule has 4 rings (SSSR count). The van der Waals surface area contributed by atoms with Crippen molar-refractivity contribution in [2.75, 3.05) is 13.2 Å². The molecule has 124 valence electrons. The number of pyridine rings is 1. The predicted molar refractivity (Wildman–Crippen MR) is 94.2 cm³/mol. The molecule has 0 spiro atoms. The molecule has 1 saturated heterocycles. The minimum absolute atomic E-state index is 0.0817. The highest BCUT2D eigenvalue weighted by atomic mass is 32.1. The summed E-state index contributed by atoms with van der Waals surface area (Å²) in [5, 5.41) is 4.63. The molecule has 3 aromatic rings. The molecule has 0 unspecified atom stereocenters. The Morgan fingerprint density at radius 2 is 2.25 bits per heavy atom. The Balaban J connectivity index is 1.82. The minimum Gasteiger partial charge on any atom is -0.314 e. The number of carbonyl (C=O) groups excluding carboxylic acids is 1. The largest absolute Gasteiger partial charge is 0.314 e. The van der Waals surface area contributed by atoms with E-state index in [1.807, 2.05) is 34.9 Å². The van der Waals surface area contributed by atoms with Crippen molar-refractivity contribution in [1.82, 2.24) is 14.4 Å². The molecular weight excluding hydrogens is 322 g/mol. The average molecular weight is 341 g/mol. The van der Waals surface area contributed by atoms with E-state index in [0.717, 1.165) is 28.3 Å². The number of hydrogen-bond acceptors (Lipinski definition) is 4. The zero-order valence-electron chi connectivity index (χ0n) is 13.7. The fraction of sp³-hybridized carbons (Fsp3) is 0.333. The molecule has 0 atom stereocenters. The van der Waals surface area contributed by atoms with Crippen molar-refractivity contribution in [1.29, 1.82) is 0 Å². The summed E-state index contributed by atoms with van der Waals surface area (Å²) in [5.41, 5.74) is 3.39. The van der Waals surface area contributed by atoms with E-state index in [4.69, 9.17) is 9.82 Å². The molecule has 0 aromatic carbocycles. The van der Waals surface area contributed by atoms with Gasteiger partial charge in [-0.3, -0.25) is 9.63 Å². The smallest absolute Gasteiger partial charge is 0.279 e. The summed E-state index contributed by atoms with van der Waals surface area (Å²) < 4.78 is 2.03. The minimum atomic E-state index is -0.0817. The SMILES string of the molecule is CC(C)c1nc(-c2cc(C(=O)N3CCCO3)c3ccccn23)cs1. The van der Waals surface area contributed by atoms with Crippen LogP contribution in [0.1, 0.15) is 41.6 Å². The Kier molecular flexibility index (Phi) is 3.86. The third-order valence-electron chi connectivity index (χ3n) is 4.16. The third-order valence-corrected chi connectivity index (χ3v) is 5.31. The second-order valence-corrected chi connectivity index (χ2v) is 7.11. The summed E-state index contributed by atoms with van der Waals surface area (Å²) in [4.78, 5) is 23.0. The van der Waals surface area contributed by atoms with E-state index < -0.39 is 0 Å². The fourth-order valence-corrected chi connectivity index (χ4v) is 3.76. The van der Waals surface area contributed by atoms with Crippen molar-refractivity contribution in [3.05, 3.63) is 46.4 Å². The summed E-state index contributed by atoms with van der Waals surface area (Å²) >= 11 is 1.66. The van der Waals surface area contributed by atoms with Crippen LogP contribution in [-0.4, -0.2) is 33.5 Å². The highest BCUT2D eigenvalue weighted by Crippen LogP contribution is 2.30. The molecule has 0 radical (unpaired) electrons. The quantitative estimate of drug-likeness (QED) is 0.724. The Morgan fingerprint density at radius 3 is 2.96 bits per heavy atom. The maximum atomic E-state index is 12.8. The zero-order valence-corrected chi connectivity index (χ0v) is 14.5. The monoisotopic (exact) mass is 341 g/mol. The number of aromatic nitrogens is 2. The van der Waals surface area contributed by atoms with Gasteiger partial charge in [0, 0.05) is 17.5 Å². The number of thiazole rings is 1. The lowest BCUT2D eigenvalue weighted by molar-refractivity contribution is -0.0767. The van der Waals surface area contributed by atoms with Gasteiger partial charge in [-0.15, -0.1) is 11.3 Å². The zero-order chi connectivity index (χ0) is 16.7. The van der Waals surface area contributed by atoms with Crippen LogP contribution >= 0.6 is 11.3 Å². The molecule has 0 aliphatic carbocycles. The van der Waals surface area contributed by atoms with Crippen LogP contribution in [0.2, 0.25) is 0 Å². The Labute approximate surface area is 144 Å². The van der Waals surface area contributed by atoms with Gasteiger partial charge in [-0.05, 0) is 24.6 Å². The first kappa shape index (κ1) is 15.4. The summed E-state index contributed by atoms with van der Waals surface area (Å²) in [5.74, 6) is 0.316. The number of nitrogens with zero attached hydrogens (tertiary/aromatic N) is 3. The molecule has 0 saturated carbocycles. The van der Waals surface area contributed by atoms with E-state index >= 15 is 0 Å². The standard InChI is InChI=1S/C18H19N3O2S/c1-12(2)17-19-14(11-24-17)16-10-13(15-6-3-4-7-20(15)16)18(22)21-8-5-9-23-21/h3-4,6-7,10-12H,5,8-9H2,1-2H3. The van der Waals surface area contributed by atoms with Crippen LogP contribution in [0, 0.1) is 0 Å². The molecule has 1 fully saturated rings. The topological polar surface area (TPSA) is 46.8 Å². The molecule has 0 N–H and O–H groups in total. The van der Waals surface area contributed by atoms with Crippen LogP contribution in [0.3, 0.4) is 0 Å². The number of fused-ring (bicyclic) bond motifs is 1. The third kappa shape index (κ3) is 2.52. The Bertz CT molecular complexity index is 891. The van der Waals surface area contributed by atoms with Crippen LogP contribution in [0.25, 0.3) is 16.9 Å². The van der Waals surface area contributed by atoms with Crippen LogP contribution < -0.4 is 0 Å². The van der Waals surface area contributed by atoms with Gasteiger partial charge in [0.2, 0.25) is 0 Å². The van der Waals surface area contributed by atoms with Crippen molar-refractivity contribution < 1.29 is 9.63 Å². The number of rotatable bonds is 3. The summed E-state index contributed by atoms with van der Waals surface area (Å²) in [6.07, 6.45) is 2.86. The van der Waals surface area contributed by atoms with Crippen molar-refractivity contribution in [2.24, 2.45) is 0 Å². The molecule has 1 aliphatic heterocycles. The van der Waals surface area contributed by atoms with E-state index in [-0.39, 0.29) is 5.91 Å². The highest BCUT2D eigenvalue weighted by molar-refractivity contribution is 7.10. The highest BCUT2D eigenvalue weighted by Gasteiger charge is 2.25. The summed E-state index contributed by atoms with van der Waals surface area (Å²) in [6.45, 7) is 5.53. The van der Waals surface area contributed by atoms with E-state index in [0.29, 0.717) is 24.6 Å². The van der Waals surface area contributed by atoms with Gasteiger partial charge in [0.05, 0.1) is 40.6 Å². The van der Waals surface area contributed by atoms with Gasteiger partial charge >= 0.3 is 0 Å². The lowest BCUT2D eigenvalue weighted by atomic mass is 10.2. The lowest BCUT2D eigenvalue weighted by Gasteiger charge is -2.12. The number of amides is 1. The van der Waals surface area contributed by atoms with E-state index in [1.54, 1.807) is 11.3 Å². The predicted octanol–water partition coefficient (Wildman–Crippen LogP) is 3.96. The number of carbonyl (C=O) groups is 1. The fourth-order valence-electron chi connectivity index (χ4n) is 2.93. The van der Waals surface area contributed by atoms with Gasteiger partial charge in [0.15, 0.2) is 0 Å². The molecule has 1 aliphatic rings. The normalized spacial score (nSPS) is 14.9. The van der Waals surface area contributed by atoms with Gasteiger partial charge in [-0.25, -0.2) is 10.0 Å². The Morgan fingerprint density at radius 1 is 1.38 bits per heavy atom. The molecule has 6 heteroatoms. The second kappa shape index (κ2) is 6.03. The molecule has 24 heavy (non-hydrogen) atoms. The molecule has 4 heterocycles. The number of hydrogen-bond donors (Lipinski definition) is 0. The molecule has 1 amide bonds. The maximum absolute atomic E-state index is 12.8. The lowest BCUT2D eigenvalue weighted by Crippen LogP contribution is -2.26. The van der Waals surface area contributed by atoms with Crippen LogP contribution in [-0.2, 0) is 4.84 Å². The molecule has 5 nitrogen and oxygen atoms in total. The Hall–Kier alpha value is -2.18. The molecule has 3 aromatic heterocycles. The van der Waals surface area contributed by atoms with Crippen molar-refractivity contribution in [3.63, 3.8) is 0 Å². The van der Waals surface area contributed by atoms with Crippen LogP contribution in [0.15, 0.2) is 35.8 Å². The molecular formula is C18H19N3O2S. The maximum Gasteiger partial charge on any atom is 0.279 e. The first-order valence-electron chi connectivity index (χ1n) is 8.16. The van der Waals surface area contributed by atoms with Crippen LogP contribution in [0.4, 0.5) is 0 Å². The van der Waals surface area contributed by atoms with Crippen molar-refractivity contribution >= 4 is 22.8 Å². The summed E-state index contributed by atoms with van der Waals surface area (Å²) in [6, 6.07) is 7.80. The number of hydroxylamine groups is 2. The van der Waals surface area contributed by atoms with E-state index in [9.17, 15) is 4.79 Å². The molecule has 0 bridgehead atoms. The first-order chi connectivity index (χ1) is 11.6. The van der Waals surface area contributed by atoms with Crippen molar-refractivity contribution in [2.45, 2.75) is 26.2 Å². The van der Waals surface area contributed by atoms with E-state index in [2.05, 4.69) is 19.2 Å². The van der Waals surface area contributed by atoms with Crippen LogP contribution in [0.5, 0.6) is 0 Å². The average Bonchev–Trinajstić information content (AvgIpc) is 3.32. The van der Waals surface area contributed by atoms with Gasteiger partial charge in [0.1, 0.15) is 0 Å². The van der Waals surface area contributed by atoms with Gasteiger partial charge < -0.3 is 4.40 Å². The van der Waals surface area contributed by atoms with Gasteiger partial charge in [0.25, 0.3) is 5.91 Å². The second-order valence-electron chi connectivity index (χ2n) is 6.22. The summed E-state index contributed by atoms with van der Waals surface area (Å²) in [7, 11) is 0. The van der Waals surface area contributed by atoms with Gasteiger partial charge in [-0.1, -0.05) is 19.9 Å². The van der Waals surface area contributed by atoms with E-state index in [1.165, 1.54) is 5.06 Å².